The molecule has 1 aromatic carbocycles. The maximum Gasteiger partial charge on any atom is 0.265 e. The Morgan fingerprint density at radius 3 is 2.85 bits per heavy atom. The average Bonchev–Trinajstić information content (AvgIpc) is 3.19. The van der Waals surface area contributed by atoms with Crippen molar-refractivity contribution in [1.82, 2.24) is 5.32 Å². The van der Waals surface area contributed by atoms with Gasteiger partial charge in [0.15, 0.2) is 0 Å². The molecule has 1 saturated heterocycles. The van der Waals surface area contributed by atoms with Crippen LogP contribution in [0.2, 0.25) is 0 Å². The molecule has 0 saturated carbocycles. The molecule has 1 amide bonds. The molecule has 2 unspecified atom stereocenters. The van der Waals surface area contributed by atoms with E-state index in [1.807, 2.05) is 30.3 Å². The summed E-state index contributed by atoms with van der Waals surface area (Å²) in [6, 6.07) is 10.1. The fourth-order valence-corrected chi connectivity index (χ4v) is 3.04. The lowest BCUT2D eigenvalue weighted by Crippen LogP contribution is -2.36. The summed E-state index contributed by atoms with van der Waals surface area (Å²) in [4.78, 5) is 11.9. The van der Waals surface area contributed by atoms with Crippen molar-refractivity contribution < 1.29 is 19.4 Å². The van der Waals surface area contributed by atoms with Crippen LogP contribution in [-0.4, -0.2) is 49.2 Å². The van der Waals surface area contributed by atoms with Crippen molar-refractivity contribution in [1.29, 1.82) is 5.41 Å². The van der Waals surface area contributed by atoms with Gasteiger partial charge in [-0.15, -0.1) is 0 Å². The fourth-order valence-electron chi connectivity index (χ4n) is 3.04. The summed E-state index contributed by atoms with van der Waals surface area (Å²) in [7, 11) is 0. The largest absolute Gasteiger partial charge is 0.393 e. The number of nitrogens with one attached hydrogen (secondary N) is 2. The maximum atomic E-state index is 11.9. The van der Waals surface area contributed by atoms with E-state index in [4.69, 9.17) is 14.9 Å². The number of hydrogen-bond donors (Lipinski definition) is 3. The van der Waals surface area contributed by atoms with Crippen molar-refractivity contribution in [2.24, 2.45) is 5.92 Å². The molecule has 3 N–H and O–H groups in total. The molecular weight excluding hydrogens is 344 g/mol. The normalized spacial score (nSPS) is 17.6. The van der Waals surface area contributed by atoms with E-state index in [1.54, 1.807) is 0 Å². The Morgan fingerprint density at radius 1 is 1.30 bits per heavy atom. The smallest absolute Gasteiger partial charge is 0.265 e. The average molecular weight is 376 g/mol. The van der Waals surface area contributed by atoms with Crippen molar-refractivity contribution in [3.63, 3.8) is 0 Å². The molecule has 0 radical (unpaired) electrons. The van der Waals surface area contributed by atoms with Gasteiger partial charge in [-0.25, -0.2) is 0 Å². The molecule has 2 rings (SSSR count). The standard InChI is InChI=1S/C21H32N2O4/c22-20(21(25)23-14-18-10-12-27-16-18)13-19(24)9-5-2-6-11-26-15-17-7-3-1-4-8-17/h1,3-4,7-8,18-19,22,24H,2,5-6,9-16H2,(H,23,25). The third kappa shape index (κ3) is 9.13. The predicted molar refractivity (Wildman–Crippen MR) is 105 cm³/mol. The minimum atomic E-state index is -0.636. The molecule has 1 aliphatic rings. The molecule has 0 aliphatic carbocycles. The summed E-state index contributed by atoms with van der Waals surface area (Å²) < 4.78 is 10.9. The van der Waals surface area contributed by atoms with E-state index in [-0.39, 0.29) is 18.0 Å². The van der Waals surface area contributed by atoms with E-state index in [9.17, 15) is 9.90 Å². The number of aliphatic hydroxyl groups excluding tert-OH is 1. The zero-order valence-electron chi connectivity index (χ0n) is 16.0. The monoisotopic (exact) mass is 376 g/mol. The topological polar surface area (TPSA) is 91.6 Å². The number of rotatable bonds is 13. The number of hydrogen-bond acceptors (Lipinski definition) is 5. The number of carbonyl (C=O) groups excluding carboxylic acids is 1. The minimum Gasteiger partial charge on any atom is -0.393 e. The van der Waals surface area contributed by atoms with Gasteiger partial charge in [-0.2, -0.15) is 0 Å². The second-order valence-corrected chi connectivity index (χ2v) is 7.16. The van der Waals surface area contributed by atoms with E-state index in [2.05, 4.69) is 5.32 Å². The van der Waals surface area contributed by atoms with Gasteiger partial charge in [0.25, 0.3) is 5.91 Å². The molecule has 0 bridgehead atoms. The summed E-state index contributed by atoms with van der Waals surface area (Å²) in [5.74, 6) is -0.0361. The highest BCUT2D eigenvalue weighted by molar-refractivity contribution is 6.37. The van der Waals surface area contributed by atoms with Gasteiger partial charge >= 0.3 is 0 Å². The first kappa shape index (κ1) is 21.5. The number of ether oxygens (including phenoxy) is 2. The molecule has 0 aromatic heterocycles. The van der Waals surface area contributed by atoms with Crippen LogP contribution in [0.3, 0.4) is 0 Å². The summed E-state index contributed by atoms with van der Waals surface area (Å²) >= 11 is 0. The van der Waals surface area contributed by atoms with Crippen molar-refractivity contribution in [3.8, 4) is 0 Å². The van der Waals surface area contributed by atoms with Crippen LogP contribution in [0.25, 0.3) is 0 Å². The van der Waals surface area contributed by atoms with E-state index in [0.717, 1.165) is 32.3 Å². The van der Waals surface area contributed by atoms with Crippen molar-refractivity contribution in [2.75, 3.05) is 26.4 Å². The molecule has 2 atom stereocenters. The Balaban J connectivity index is 1.45. The molecule has 1 heterocycles. The van der Waals surface area contributed by atoms with Crippen LogP contribution in [-0.2, 0) is 20.9 Å². The minimum absolute atomic E-state index is 0.0485. The van der Waals surface area contributed by atoms with Crippen LogP contribution in [0, 0.1) is 11.3 Å². The highest BCUT2D eigenvalue weighted by Crippen LogP contribution is 2.11. The molecular formula is C21H32N2O4. The van der Waals surface area contributed by atoms with E-state index in [0.29, 0.717) is 38.7 Å². The van der Waals surface area contributed by atoms with Crippen LogP contribution >= 0.6 is 0 Å². The number of aliphatic hydroxyl groups is 1. The van der Waals surface area contributed by atoms with Gasteiger partial charge in [-0.05, 0) is 24.8 Å². The lowest BCUT2D eigenvalue weighted by atomic mass is 10.0. The first-order valence-electron chi connectivity index (χ1n) is 9.88. The second-order valence-electron chi connectivity index (χ2n) is 7.16. The zero-order chi connectivity index (χ0) is 19.3. The molecule has 1 aliphatic heterocycles. The first-order valence-corrected chi connectivity index (χ1v) is 9.88. The lowest BCUT2D eigenvalue weighted by Gasteiger charge is -2.13. The number of amides is 1. The Morgan fingerprint density at radius 2 is 2.11 bits per heavy atom. The van der Waals surface area contributed by atoms with Crippen LogP contribution in [0.5, 0.6) is 0 Å². The van der Waals surface area contributed by atoms with Crippen molar-refractivity contribution >= 4 is 11.6 Å². The second kappa shape index (κ2) is 12.6. The quantitative estimate of drug-likeness (QED) is 0.365. The number of unbranched alkanes of at least 4 members (excludes halogenated alkanes) is 2. The lowest BCUT2D eigenvalue weighted by molar-refractivity contribution is -0.115. The van der Waals surface area contributed by atoms with E-state index in [1.165, 1.54) is 5.56 Å². The Hall–Kier alpha value is -1.76. The third-order valence-electron chi connectivity index (χ3n) is 4.73. The van der Waals surface area contributed by atoms with Gasteiger partial charge in [-0.3, -0.25) is 10.2 Å². The predicted octanol–water partition coefficient (Wildman–Crippen LogP) is 2.69. The van der Waals surface area contributed by atoms with Gasteiger partial charge < -0.3 is 19.9 Å². The molecule has 1 aromatic rings. The highest BCUT2D eigenvalue weighted by atomic mass is 16.5. The van der Waals surface area contributed by atoms with Crippen LogP contribution in [0.4, 0.5) is 0 Å². The highest BCUT2D eigenvalue weighted by Gasteiger charge is 2.19. The van der Waals surface area contributed by atoms with Crippen LogP contribution < -0.4 is 5.32 Å². The summed E-state index contributed by atoms with van der Waals surface area (Å²) in [5.41, 5.74) is 1.12. The van der Waals surface area contributed by atoms with Crippen molar-refractivity contribution in [3.05, 3.63) is 35.9 Å². The van der Waals surface area contributed by atoms with Gasteiger partial charge in [-0.1, -0.05) is 43.2 Å². The zero-order valence-corrected chi connectivity index (χ0v) is 16.0. The summed E-state index contributed by atoms with van der Waals surface area (Å²) in [6.45, 7) is 3.29. The third-order valence-corrected chi connectivity index (χ3v) is 4.73. The molecule has 1 fully saturated rings. The van der Waals surface area contributed by atoms with Gasteiger partial charge in [0, 0.05) is 32.1 Å². The number of benzene rings is 1. The SMILES string of the molecule is N=C(CC(O)CCCCCOCc1ccccc1)C(=O)NCC1CCOC1. The van der Waals surface area contributed by atoms with Crippen molar-refractivity contribution in [2.45, 2.75) is 51.2 Å². The van der Waals surface area contributed by atoms with Gasteiger partial charge in [0.05, 0.1) is 25.0 Å². The summed E-state index contributed by atoms with van der Waals surface area (Å²) in [5, 5.41) is 20.6. The first-order chi connectivity index (χ1) is 13.1. The van der Waals surface area contributed by atoms with E-state index >= 15 is 0 Å². The van der Waals surface area contributed by atoms with Crippen LogP contribution in [0.15, 0.2) is 30.3 Å². The summed E-state index contributed by atoms with van der Waals surface area (Å²) in [6.07, 6.45) is 3.80. The molecule has 27 heavy (non-hydrogen) atoms. The molecule has 0 spiro atoms. The Bertz CT molecular complexity index is 559. The molecule has 6 nitrogen and oxygen atoms in total. The molecule has 6 heteroatoms. The Kier molecular flexibility index (Phi) is 10.0. The molecule has 150 valence electrons. The maximum absolute atomic E-state index is 11.9. The fraction of sp³-hybridized carbons (Fsp3) is 0.619. The van der Waals surface area contributed by atoms with E-state index < -0.39 is 6.10 Å². The van der Waals surface area contributed by atoms with Gasteiger partial charge in [0.1, 0.15) is 0 Å². The van der Waals surface area contributed by atoms with Gasteiger partial charge in [0.2, 0.25) is 0 Å². The number of carbonyl (C=O) groups is 1. The van der Waals surface area contributed by atoms with Crippen LogP contribution in [0.1, 0.15) is 44.1 Å². The Labute approximate surface area is 161 Å².